The van der Waals surface area contributed by atoms with Gasteiger partial charge in [0.15, 0.2) is 0 Å². The van der Waals surface area contributed by atoms with E-state index in [4.69, 9.17) is 14.2 Å². The summed E-state index contributed by atoms with van der Waals surface area (Å²) in [6.07, 6.45) is 3.75. The first kappa shape index (κ1) is 12.7. The third kappa shape index (κ3) is 2.94. The molecule has 0 saturated heterocycles. The molecule has 1 aliphatic carbocycles. The van der Waals surface area contributed by atoms with Crippen LogP contribution < -0.4 is 9.47 Å². The van der Waals surface area contributed by atoms with Crippen molar-refractivity contribution >= 4 is 5.97 Å². The van der Waals surface area contributed by atoms with Crippen molar-refractivity contribution in [2.75, 3.05) is 20.8 Å². The minimum atomic E-state index is -0.387. The van der Waals surface area contributed by atoms with Crippen LogP contribution in [0.1, 0.15) is 29.6 Å². The molecule has 0 spiro atoms. The van der Waals surface area contributed by atoms with Crippen molar-refractivity contribution in [3.63, 3.8) is 0 Å². The molecule has 0 aliphatic heterocycles. The Balaban J connectivity index is 2.09. The van der Waals surface area contributed by atoms with Crippen molar-refractivity contribution in [2.24, 2.45) is 5.92 Å². The molecule has 0 unspecified atom stereocenters. The molecule has 1 fully saturated rings. The molecule has 0 radical (unpaired) electrons. The zero-order valence-electron chi connectivity index (χ0n) is 10.8. The lowest BCUT2D eigenvalue weighted by atomic mass is 9.86. The van der Waals surface area contributed by atoms with Crippen LogP contribution in [0, 0.1) is 5.92 Å². The molecule has 1 saturated carbocycles. The zero-order valence-corrected chi connectivity index (χ0v) is 10.8. The zero-order chi connectivity index (χ0) is 13.0. The molecule has 0 aromatic heterocycles. The van der Waals surface area contributed by atoms with Crippen molar-refractivity contribution in [1.29, 1.82) is 0 Å². The Morgan fingerprint density at radius 1 is 1.22 bits per heavy atom. The van der Waals surface area contributed by atoms with Gasteiger partial charge >= 0.3 is 5.97 Å². The summed E-state index contributed by atoms with van der Waals surface area (Å²) in [6, 6.07) is 5.11. The van der Waals surface area contributed by atoms with Crippen LogP contribution in [0.15, 0.2) is 18.2 Å². The summed E-state index contributed by atoms with van der Waals surface area (Å²) in [5.41, 5.74) is 0.445. The summed E-state index contributed by atoms with van der Waals surface area (Å²) >= 11 is 0. The summed E-state index contributed by atoms with van der Waals surface area (Å²) in [5.74, 6) is 1.52. The predicted octanol–water partition coefficient (Wildman–Crippen LogP) is 2.66. The molecule has 1 aromatic rings. The molecular formula is C14H18O4. The van der Waals surface area contributed by atoms with Crippen LogP contribution in [-0.4, -0.2) is 26.8 Å². The maximum absolute atomic E-state index is 11.5. The average molecular weight is 250 g/mol. The van der Waals surface area contributed by atoms with Gasteiger partial charge < -0.3 is 14.2 Å². The van der Waals surface area contributed by atoms with Crippen LogP contribution >= 0.6 is 0 Å². The van der Waals surface area contributed by atoms with Gasteiger partial charge in [0.1, 0.15) is 11.5 Å². The number of ether oxygens (including phenoxy) is 3. The van der Waals surface area contributed by atoms with Gasteiger partial charge in [-0.1, -0.05) is 6.42 Å². The smallest absolute Gasteiger partial charge is 0.338 e. The summed E-state index contributed by atoms with van der Waals surface area (Å²) in [7, 11) is 2.92. The second-order valence-corrected chi connectivity index (χ2v) is 4.50. The number of hydrogen-bond acceptors (Lipinski definition) is 4. The number of esters is 1. The molecule has 4 heteroatoms. The second-order valence-electron chi connectivity index (χ2n) is 4.50. The lowest BCUT2D eigenvalue weighted by Gasteiger charge is -2.25. The van der Waals surface area contributed by atoms with Gasteiger partial charge in [-0.15, -0.1) is 0 Å². The van der Waals surface area contributed by atoms with Crippen LogP contribution in [-0.2, 0) is 4.74 Å². The summed E-state index contributed by atoms with van der Waals surface area (Å²) in [6.45, 7) is 0.702. The fourth-order valence-corrected chi connectivity index (χ4v) is 1.88. The largest absolute Gasteiger partial charge is 0.497 e. The normalized spacial score (nSPS) is 14.8. The van der Waals surface area contributed by atoms with Gasteiger partial charge in [0.25, 0.3) is 0 Å². The van der Waals surface area contributed by atoms with Crippen LogP contribution in [0.2, 0.25) is 0 Å². The van der Waals surface area contributed by atoms with E-state index in [0.717, 1.165) is 0 Å². The van der Waals surface area contributed by atoms with E-state index in [1.807, 2.05) is 0 Å². The lowest BCUT2D eigenvalue weighted by Crippen LogP contribution is -2.19. The fourth-order valence-electron chi connectivity index (χ4n) is 1.88. The monoisotopic (exact) mass is 250 g/mol. The Kier molecular flexibility index (Phi) is 4.07. The second kappa shape index (κ2) is 5.76. The van der Waals surface area contributed by atoms with Crippen molar-refractivity contribution < 1.29 is 19.0 Å². The van der Waals surface area contributed by atoms with Crippen LogP contribution in [0.25, 0.3) is 0 Å². The van der Waals surface area contributed by atoms with Gasteiger partial charge in [-0.05, 0) is 30.9 Å². The number of methoxy groups -OCH3 is 2. The van der Waals surface area contributed by atoms with Crippen LogP contribution in [0.5, 0.6) is 11.5 Å². The van der Waals surface area contributed by atoms with Crippen LogP contribution in [0.4, 0.5) is 0 Å². The molecule has 1 aliphatic rings. The Morgan fingerprint density at radius 2 is 1.94 bits per heavy atom. The van der Waals surface area contributed by atoms with Crippen molar-refractivity contribution in [3.8, 4) is 11.5 Å². The highest BCUT2D eigenvalue weighted by Gasteiger charge is 2.18. The van der Waals surface area contributed by atoms with Gasteiger partial charge in [-0.3, -0.25) is 0 Å². The SMILES string of the molecule is COC(=O)c1cc(OC)cc(OCC2CCC2)c1. The molecule has 0 amide bonds. The molecule has 1 aromatic carbocycles. The molecule has 0 N–H and O–H groups in total. The minimum absolute atomic E-state index is 0.387. The maximum atomic E-state index is 11.5. The van der Waals surface area contributed by atoms with Gasteiger partial charge in [-0.2, -0.15) is 0 Å². The van der Waals surface area contributed by atoms with E-state index in [9.17, 15) is 4.79 Å². The lowest BCUT2D eigenvalue weighted by molar-refractivity contribution is 0.0599. The first-order valence-corrected chi connectivity index (χ1v) is 6.13. The van der Waals surface area contributed by atoms with Gasteiger partial charge in [-0.25, -0.2) is 4.79 Å². The summed E-state index contributed by atoms with van der Waals surface area (Å²) in [4.78, 5) is 11.5. The Labute approximate surface area is 107 Å². The third-order valence-electron chi connectivity index (χ3n) is 3.25. The highest BCUT2D eigenvalue weighted by Crippen LogP contribution is 2.29. The van der Waals surface area contributed by atoms with Crippen molar-refractivity contribution in [2.45, 2.75) is 19.3 Å². The molecule has 2 rings (SSSR count). The number of carbonyl (C=O) groups excluding carboxylic acids is 1. The van der Waals surface area contributed by atoms with E-state index in [1.54, 1.807) is 25.3 Å². The first-order chi connectivity index (χ1) is 8.72. The maximum Gasteiger partial charge on any atom is 0.338 e. The number of rotatable bonds is 5. The van der Waals surface area contributed by atoms with Crippen LogP contribution in [0.3, 0.4) is 0 Å². The third-order valence-corrected chi connectivity index (χ3v) is 3.25. The highest BCUT2D eigenvalue weighted by molar-refractivity contribution is 5.90. The van der Waals surface area contributed by atoms with Gasteiger partial charge in [0.2, 0.25) is 0 Å². The molecular weight excluding hydrogens is 232 g/mol. The Hall–Kier alpha value is -1.71. The number of hydrogen-bond donors (Lipinski definition) is 0. The van der Waals surface area contributed by atoms with E-state index < -0.39 is 0 Å². The summed E-state index contributed by atoms with van der Waals surface area (Å²) in [5, 5.41) is 0. The molecule has 0 bridgehead atoms. The van der Waals surface area contributed by atoms with Gasteiger partial charge in [0.05, 0.1) is 26.4 Å². The fraction of sp³-hybridized carbons (Fsp3) is 0.500. The highest BCUT2D eigenvalue weighted by atomic mass is 16.5. The number of carbonyl (C=O) groups is 1. The minimum Gasteiger partial charge on any atom is -0.497 e. The number of benzene rings is 1. The average Bonchev–Trinajstić information content (AvgIpc) is 2.35. The molecule has 4 nitrogen and oxygen atoms in total. The molecule has 0 atom stereocenters. The Morgan fingerprint density at radius 3 is 2.50 bits per heavy atom. The molecule has 0 heterocycles. The van der Waals surface area contributed by atoms with E-state index >= 15 is 0 Å². The van der Waals surface area contributed by atoms with Gasteiger partial charge in [0, 0.05) is 6.07 Å². The molecule has 98 valence electrons. The first-order valence-electron chi connectivity index (χ1n) is 6.13. The quantitative estimate of drug-likeness (QED) is 0.754. The van der Waals surface area contributed by atoms with E-state index in [2.05, 4.69) is 0 Å². The topological polar surface area (TPSA) is 44.8 Å². The predicted molar refractivity (Wildman–Crippen MR) is 67.2 cm³/mol. The standard InChI is InChI=1S/C14H18O4/c1-16-12-6-11(14(15)17-2)7-13(8-12)18-9-10-4-3-5-10/h6-8,10H,3-5,9H2,1-2H3. The van der Waals surface area contributed by atoms with E-state index in [0.29, 0.717) is 29.6 Å². The van der Waals surface area contributed by atoms with E-state index in [-0.39, 0.29) is 5.97 Å². The van der Waals surface area contributed by atoms with Crippen molar-refractivity contribution in [3.05, 3.63) is 23.8 Å². The summed E-state index contributed by atoms with van der Waals surface area (Å²) < 4.78 is 15.5. The molecule has 18 heavy (non-hydrogen) atoms. The van der Waals surface area contributed by atoms with E-state index in [1.165, 1.54) is 26.4 Å². The Bertz CT molecular complexity index is 424. The van der Waals surface area contributed by atoms with Crippen molar-refractivity contribution in [1.82, 2.24) is 0 Å².